The van der Waals surface area contributed by atoms with Crippen LogP contribution in [0.4, 0.5) is 0 Å². The molecule has 4 nitrogen and oxygen atoms in total. The summed E-state index contributed by atoms with van der Waals surface area (Å²) in [6.45, 7) is 2.05. The molecule has 0 heterocycles. The maximum atomic E-state index is 5.42. The Labute approximate surface area is 104 Å². The first-order valence-corrected chi connectivity index (χ1v) is 7.33. The summed E-state index contributed by atoms with van der Waals surface area (Å²) in [4.78, 5) is 0. The molecule has 0 aromatic heterocycles. The van der Waals surface area contributed by atoms with Crippen LogP contribution < -0.4 is 4.74 Å². The number of ether oxygens (including phenoxy) is 1. The maximum absolute atomic E-state index is 5.42. The van der Waals surface area contributed by atoms with Crippen molar-refractivity contribution in [2.24, 2.45) is 0 Å². The van der Waals surface area contributed by atoms with Crippen LogP contribution in [0.15, 0.2) is 18.2 Å². The Kier molecular flexibility index (Phi) is 5.14. The van der Waals surface area contributed by atoms with Crippen LogP contribution in [-0.4, -0.2) is 37.2 Å². The topological polar surface area (TPSA) is 36.9 Å². The zero-order chi connectivity index (χ0) is 12.9. The molecular formula is C12H20O4Si. The molecule has 0 bridgehead atoms. The zero-order valence-electron chi connectivity index (χ0n) is 11.1. The Morgan fingerprint density at radius 2 is 1.59 bits per heavy atom. The molecule has 1 aromatic carbocycles. The summed E-state index contributed by atoms with van der Waals surface area (Å²) in [6, 6.07) is 6.59. The Hall–Kier alpha value is -0.883. The van der Waals surface area contributed by atoms with E-state index in [-0.39, 0.29) is 0 Å². The van der Waals surface area contributed by atoms with E-state index in [1.54, 1.807) is 28.4 Å². The molecule has 1 aromatic rings. The van der Waals surface area contributed by atoms with Crippen molar-refractivity contribution in [2.75, 3.05) is 28.4 Å². The minimum Gasteiger partial charge on any atom is -0.497 e. The van der Waals surface area contributed by atoms with Gasteiger partial charge >= 0.3 is 8.80 Å². The average molecular weight is 256 g/mol. The van der Waals surface area contributed by atoms with Crippen LogP contribution in [0.3, 0.4) is 0 Å². The molecule has 0 amide bonds. The first-order valence-electron chi connectivity index (χ1n) is 5.39. The van der Waals surface area contributed by atoms with Gasteiger partial charge in [0.05, 0.1) is 7.11 Å². The van der Waals surface area contributed by atoms with E-state index in [1.165, 1.54) is 5.56 Å². The summed E-state index contributed by atoms with van der Waals surface area (Å²) < 4.78 is 21.5. The standard InChI is InChI=1S/C12H20O4Si/c1-10-6-7-12(13-2)8-11(10)9-17(14-3,15-4)16-5/h6-8H,9H2,1-5H3. The summed E-state index contributed by atoms with van der Waals surface area (Å²) in [6.07, 6.45) is 0. The fourth-order valence-electron chi connectivity index (χ4n) is 1.67. The van der Waals surface area contributed by atoms with Gasteiger partial charge in [0.1, 0.15) is 5.75 Å². The molecular weight excluding hydrogens is 236 g/mol. The van der Waals surface area contributed by atoms with Gasteiger partial charge in [-0.25, -0.2) is 0 Å². The first kappa shape index (κ1) is 14.2. The molecule has 0 saturated carbocycles. The van der Waals surface area contributed by atoms with Crippen LogP contribution in [0.2, 0.25) is 0 Å². The van der Waals surface area contributed by atoms with E-state index in [0.29, 0.717) is 6.04 Å². The maximum Gasteiger partial charge on any atom is 0.504 e. The van der Waals surface area contributed by atoms with Gasteiger partial charge in [-0.3, -0.25) is 0 Å². The molecule has 0 aliphatic rings. The Balaban J connectivity index is 2.99. The van der Waals surface area contributed by atoms with Gasteiger partial charge in [0, 0.05) is 27.4 Å². The van der Waals surface area contributed by atoms with E-state index >= 15 is 0 Å². The van der Waals surface area contributed by atoms with Crippen molar-refractivity contribution in [3.8, 4) is 5.75 Å². The molecule has 0 saturated heterocycles. The van der Waals surface area contributed by atoms with Gasteiger partial charge < -0.3 is 18.0 Å². The molecule has 0 unspecified atom stereocenters. The summed E-state index contributed by atoms with van der Waals surface area (Å²) >= 11 is 0. The molecule has 0 aliphatic carbocycles. The van der Waals surface area contributed by atoms with Crippen LogP contribution in [0.5, 0.6) is 5.75 Å². The molecule has 0 spiro atoms. The lowest BCUT2D eigenvalue weighted by molar-refractivity contribution is 0.122. The SMILES string of the molecule is COc1ccc(C)c(C[Si](OC)(OC)OC)c1. The van der Waals surface area contributed by atoms with Gasteiger partial charge in [-0.2, -0.15) is 0 Å². The van der Waals surface area contributed by atoms with E-state index < -0.39 is 8.80 Å². The van der Waals surface area contributed by atoms with Crippen LogP contribution in [0, 0.1) is 6.92 Å². The largest absolute Gasteiger partial charge is 0.504 e. The fraction of sp³-hybridized carbons (Fsp3) is 0.500. The fourth-order valence-corrected chi connectivity index (χ4v) is 3.45. The number of methoxy groups -OCH3 is 1. The number of hydrogen-bond acceptors (Lipinski definition) is 4. The first-order chi connectivity index (χ1) is 8.10. The lowest BCUT2D eigenvalue weighted by atomic mass is 10.1. The summed E-state index contributed by atoms with van der Waals surface area (Å²) in [7, 11) is 3.93. The smallest absolute Gasteiger partial charge is 0.497 e. The highest BCUT2D eigenvalue weighted by Gasteiger charge is 2.38. The van der Waals surface area contributed by atoms with E-state index in [9.17, 15) is 0 Å². The molecule has 5 heteroatoms. The summed E-state index contributed by atoms with van der Waals surface area (Å²) in [5.74, 6) is 0.830. The Morgan fingerprint density at radius 3 is 2.06 bits per heavy atom. The number of aryl methyl sites for hydroxylation is 1. The minimum absolute atomic E-state index is 0.638. The third-order valence-corrected chi connectivity index (χ3v) is 5.58. The number of hydrogen-bond donors (Lipinski definition) is 0. The second kappa shape index (κ2) is 6.16. The van der Waals surface area contributed by atoms with Crippen molar-refractivity contribution in [2.45, 2.75) is 13.0 Å². The van der Waals surface area contributed by atoms with Crippen molar-refractivity contribution in [1.29, 1.82) is 0 Å². The monoisotopic (exact) mass is 256 g/mol. The molecule has 0 radical (unpaired) electrons. The van der Waals surface area contributed by atoms with E-state index in [2.05, 4.69) is 6.92 Å². The van der Waals surface area contributed by atoms with Crippen molar-refractivity contribution >= 4 is 8.80 Å². The summed E-state index contributed by atoms with van der Waals surface area (Å²) in [5.41, 5.74) is 2.30. The normalized spacial score (nSPS) is 11.6. The van der Waals surface area contributed by atoms with Crippen molar-refractivity contribution < 1.29 is 18.0 Å². The minimum atomic E-state index is -2.58. The van der Waals surface area contributed by atoms with Gasteiger partial charge in [-0.15, -0.1) is 0 Å². The van der Waals surface area contributed by atoms with Crippen LogP contribution in [0.25, 0.3) is 0 Å². The van der Waals surface area contributed by atoms with Gasteiger partial charge in [-0.05, 0) is 30.2 Å². The summed E-state index contributed by atoms with van der Waals surface area (Å²) in [5, 5.41) is 0. The van der Waals surface area contributed by atoms with Gasteiger partial charge in [0.2, 0.25) is 0 Å². The molecule has 0 atom stereocenters. The van der Waals surface area contributed by atoms with Crippen molar-refractivity contribution in [1.82, 2.24) is 0 Å². The number of benzene rings is 1. The lowest BCUT2D eigenvalue weighted by Crippen LogP contribution is -2.45. The van der Waals surface area contributed by atoms with Gasteiger partial charge in [0.25, 0.3) is 0 Å². The highest BCUT2D eigenvalue weighted by molar-refractivity contribution is 6.60. The number of rotatable bonds is 6. The van der Waals surface area contributed by atoms with Crippen molar-refractivity contribution in [3.05, 3.63) is 29.3 Å². The van der Waals surface area contributed by atoms with Crippen LogP contribution in [-0.2, 0) is 19.3 Å². The van der Waals surface area contributed by atoms with Crippen LogP contribution in [0.1, 0.15) is 11.1 Å². The van der Waals surface area contributed by atoms with E-state index in [4.69, 9.17) is 18.0 Å². The predicted molar refractivity (Wildman–Crippen MR) is 68.2 cm³/mol. The third kappa shape index (κ3) is 3.29. The lowest BCUT2D eigenvalue weighted by Gasteiger charge is -2.25. The van der Waals surface area contributed by atoms with E-state index in [1.807, 2.05) is 18.2 Å². The predicted octanol–water partition coefficient (Wildman–Crippen LogP) is 1.96. The highest BCUT2D eigenvalue weighted by atomic mass is 28.4. The second-order valence-corrected chi connectivity index (χ2v) is 6.71. The van der Waals surface area contributed by atoms with Gasteiger partial charge in [-0.1, -0.05) is 6.07 Å². The van der Waals surface area contributed by atoms with Gasteiger partial charge in [0.15, 0.2) is 0 Å². The van der Waals surface area contributed by atoms with Crippen LogP contribution >= 0.6 is 0 Å². The molecule has 1 rings (SSSR count). The Bertz CT molecular complexity index is 355. The third-order valence-electron chi connectivity index (χ3n) is 2.90. The molecule has 17 heavy (non-hydrogen) atoms. The Morgan fingerprint density at radius 1 is 1.00 bits per heavy atom. The highest BCUT2D eigenvalue weighted by Crippen LogP contribution is 2.22. The molecule has 0 aliphatic heterocycles. The second-order valence-electron chi connectivity index (χ2n) is 3.76. The molecule has 96 valence electrons. The molecule has 0 N–H and O–H groups in total. The van der Waals surface area contributed by atoms with E-state index in [0.717, 1.165) is 11.3 Å². The van der Waals surface area contributed by atoms with Crippen molar-refractivity contribution in [3.63, 3.8) is 0 Å². The quantitative estimate of drug-likeness (QED) is 0.729. The molecule has 0 fully saturated rings. The zero-order valence-corrected chi connectivity index (χ0v) is 12.1. The average Bonchev–Trinajstić information content (AvgIpc) is 2.38.